The van der Waals surface area contributed by atoms with Crippen LogP contribution in [0.25, 0.3) is 0 Å². The second-order valence-electron chi connectivity index (χ2n) is 4.86. The van der Waals surface area contributed by atoms with E-state index in [0.29, 0.717) is 0 Å². The number of hydrogen-bond acceptors (Lipinski definition) is 3. The highest BCUT2D eigenvalue weighted by atomic mass is 32.2. The van der Waals surface area contributed by atoms with Gasteiger partial charge in [-0.25, -0.2) is 13.6 Å². The van der Waals surface area contributed by atoms with Gasteiger partial charge in [-0.05, 0) is 5.41 Å². The first kappa shape index (κ1) is 12.4. The van der Waals surface area contributed by atoms with Crippen molar-refractivity contribution in [3.8, 4) is 0 Å². The summed E-state index contributed by atoms with van der Waals surface area (Å²) in [6, 6.07) is -0.613. The molecule has 0 aromatic heterocycles. The van der Waals surface area contributed by atoms with Gasteiger partial charge in [0.25, 0.3) is 0 Å². The van der Waals surface area contributed by atoms with Crippen LogP contribution in [0.5, 0.6) is 0 Å². The fourth-order valence-corrected chi connectivity index (χ4v) is 3.68. The quantitative estimate of drug-likeness (QED) is 0.688. The van der Waals surface area contributed by atoms with Crippen LogP contribution in [0.4, 0.5) is 0 Å². The predicted octanol–water partition coefficient (Wildman–Crippen LogP) is 0.513. The topological polar surface area (TPSA) is 86.2 Å². The maximum atomic E-state index is 11.8. The van der Waals surface area contributed by atoms with Crippen molar-refractivity contribution >= 4 is 10.0 Å². The van der Waals surface area contributed by atoms with Gasteiger partial charge < -0.3 is 5.73 Å². The molecule has 0 saturated carbocycles. The van der Waals surface area contributed by atoms with Crippen LogP contribution in [0.15, 0.2) is 24.3 Å². The Morgan fingerprint density at radius 3 is 2.07 bits per heavy atom. The first-order valence-electron chi connectivity index (χ1n) is 4.77. The normalized spacial score (nSPS) is 31.9. The van der Waals surface area contributed by atoms with Gasteiger partial charge in [-0.2, -0.15) is 0 Å². The molecule has 4 N–H and O–H groups in total. The third kappa shape index (κ3) is 1.75. The average Bonchev–Trinajstić information content (AvgIpc) is 2.00. The van der Waals surface area contributed by atoms with E-state index in [2.05, 4.69) is 0 Å². The van der Waals surface area contributed by atoms with Crippen LogP contribution < -0.4 is 10.9 Å². The summed E-state index contributed by atoms with van der Waals surface area (Å²) in [6.07, 6.45) is 6.67. The number of sulfonamides is 1. The second-order valence-corrected chi connectivity index (χ2v) is 6.62. The number of nitrogens with two attached hydrogens (primary N) is 2. The largest absolute Gasteiger partial charge is 0.323 e. The van der Waals surface area contributed by atoms with Gasteiger partial charge in [0.1, 0.15) is 4.75 Å². The molecule has 15 heavy (non-hydrogen) atoms. The molecule has 2 atom stereocenters. The SMILES string of the molecule is CC(C)(C)C1(S(N)(=O)=O)C=CC=CC1N. The summed E-state index contributed by atoms with van der Waals surface area (Å²) < 4.78 is 22.3. The molecule has 0 saturated heterocycles. The molecule has 0 bridgehead atoms. The van der Waals surface area contributed by atoms with E-state index in [-0.39, 0.29) is 0 Å². The predicted molar refractivity (Wildman–Crippen MR) is 61.5 cm³/mol. The third-order valence-corrected chi connectivity index (χ3v) is 4.87. The zero-order chi connectivity index (χ0) is 11.9. The lowest BCUT2D eigenvalue weighted by atomic mass is 9.74. The van der Waals surface area contributed by atoms with E-state index >= 15 is 0 Å². The van der Waals surface area contributed by atoms with Crippen molar-refractivity contribution in [1.82, 2.24) is 0 Å². The number of allylic oxidation sites excluding steroid dienone is 2. The molecule has 0 fully saturated rings. The summed E-state index contributed by atoms with van der Waals surface area (Å²) in [7, 11) is -3.76. The summed E-state index contributed by atoms with van der Waals surface area (Å²) in [5, 5.41) is 5.33. The van der Waals surface area contributed by atoms with Gasteiger partial charge in [0.05, 0.1) is 0 Å². The Hall–Kier alpha value is -0.650. The van der Waals surface area contributed by atoms with Crippen molar-refractivity contribution in [2.24, 2.45) is 16.3 Å². The molecule has 0 amide bonds. The van der Waals surface area contributed by atoms with Crippen molar-refractivity contribution in [3.63, 3.8) is 0 Å². The van der Waals surface area contributed by atoms with E-state index in [9.17, 15) is 8.42 Å². The molecule has 1 rings (SSSR count). The van der Waals surface area contributed by atoms with Crippen molar-refractivity contribution in [2.45, 2.75) is 31.6 Å². The van der Waals surface area contributed by atoms with Crippen LogP contribution in [0, 0.1) is 5.41 Å². The standard InChI is InChI=1S/C10H18N2O2S/c1-9(2,3)10(15(12,13)14)7-5-4-6-8(10)11/h4-8H,11H2,1-3H3,(H2,12,13,14). The molecule has 86 valence electrons. The van der Waals surface area contributed by atoms with Gasteiger partial charge in [0, 0.05) is 6.04 Å². The second kappa shape index (κ2) is 3.43. The molecule has 5 heteroatoms. The Morgan fingerprint density at radius 1 is 1.27 bits per heavy atom. The lowest BCUT2D eigenvalue weighted by Gasteiger charge is -2.44. The zero-order valence-electron chi connectivity index (χ0n) is 9.27. The van der Waals surface area contributed by atoms with Crippen LogP contribution in [0.1, 0.15) is 20.8 Å². The van der Waals surface area contributed by atoms with E-state index in [4.69, 9.17) is 10.9 Å². The van der Waals surface area contributed by atoms with E-state index in [0.717, 1.165) is 0 Å². The first-order chi connectivity index (χ1) is 6.63. The summed E-state index contributed by atoms with van der Waals surface area (Å²) >= 11 is 0. The van der Waals surface area contributed by atoms with Crippen LogP contribution in [0.3, 0.4) is 0 Å². The molecule has 0 heterocycles. The van der Waals surface area contributed by atoms with Crippen LogP contribution in [0.2, 0.25) is 0 Å². The van der Waals surface area contributed by atoms with Crippen molar-refractivity contribution in [1.29, 1.82) is 0 Å². The molecule has 1 aliphatic rings. The minimum Gasteiger partial charge on any atom is -0.323 e. The van der Waals surface area contributed by atoms with Gasteiger partial charge in [-0.3, -0.25) is 0 Å². The molecular weight excluding hydrogens is 212 g/mol. The number of primary sulfonamides is 1. The lowest BCUT2D eigenvalue weighted by Crippen LogP contribution is -2.62. The van der Waals surface area contributed by atoms with Crippen molar-refractivity contribution in [3.05, 3.63) is 24.3 Å². The molecule has 0 radical (unpaired) electrons. The van der Waals surface area contributed by atoms with Crippen LogP contribution >= 0.6 is 0 Å². The number of hydrogen-bond donors (Lipinski definition) is 2. The van der Waals surface area contributed by atoms with Crippen LogP contribution in [-0.4, -0.2) is 19.2 Å². The smallest absolute Gasteiger partial charge is 0.220 e. The summed E-state index contributed by atoms with van der Waals surface area (Å²) in [6.45, 7) is 5.46. The molecule has 4 nitrogen and oxygen atoms in total. The molecular formula is C10H18N2O2S. The van der Waals surface area contributed by atoms with E-state index in [1.54, 1.807) is 24.3 Å². The molecule has 0 aliphatic heterocycles. The minimum absolute atomic E-state index is 0.554. The summed E-state index contributed by atoms with van der Waals surface area (Å²) in [5.41, 5.74) is 5.33. The lowest BCUT2D eigenvalue weighted by molar-refractivity contribution is 0.290. The van der Waals surface area contributed by atoms with E-state index < -0.39 is 26.2 Å². The van der Waals surface area contributed by atoms with Crippen molar-refractivity contribution in [2.75, 3.05) is 0 Å². The Labute approximate surface area is 91.1 Å². The Bertz CT molecular complexity index is 404. The van der Waals surface area contributed by atoms with Gasteiger partial charge in [-0.1, -0.05) is 45.1 Å². The maximum absolute atomic E-state index is 11.8. The third-order valence-electron chi connectivity index (χ3n) is 2.91. The minimum atomic E-state index is -3.76. The van der Waals surface area contributed by atoms with Gasteiger partial charge in [0.15, 0.2) is 0 Å². The highest BCUT2D eigenvalue weighted by Crippen LogP contribution is 2.41. The fraction of sp³-hybridized carbons (Fsp3) is 0.600. The molecule has 2 unspecified atom stereocenters. The molecule has 1 aliphatic carbocycles. The highest BCUT2D eigenvalue weighted by molar-refractivity contribution is 7.90. The molecule has 0 spiro atoms. The van der Waals surface area contributed by atoms with Gasteiger partial charge >= 0.3 is 0 Å². The Morgan fingerprint density at radius 2 is 1.80 bits per heavy atom. The first-order valence-corrected chi connectivity index (χ1v) is 6.31. The summed E-state index contributed by atoms with van der Waals surface area (Å²) in [5.74, 6) is 0. The fourth-order valence-electron chi connectivity index (χ4n) is 2.10. The maximum Gasteiger partial charge on any atom is 0.220 e. The van der Waals surface area contributed by atoms with Crippen molar-refractivity contribution < 1.29 is 8.42 Å². The van der Waals surface area contributed by atoms with Gasteiger partial charge in [0.2, 0.25) is 10.0 Å². The highest BCUT2D eigenvalue weighted by Gasteiger charge is 2.53. The number of rotatable bonds is 1. The van der Waals surface area contributed by atoms with E-state index in [1.807, 2.05) is 20.8 Å². The average molecular weight is 230 g/mol. The molecule has 0 aromatic rings. The Kier molecular flexibility index (Phi) is 2.84. The summed E-state index contributed by atoms with van der Waals surface area (Å²) in [4.78, 5) is 0. The monoisotopic (exact) mass is 230 g/mol. The molecule has 0 aromatic carbocycles. The van der Waals surface area contributed by atoms with Crippen LogP contribution in [-0.2, 0) is 10.0 Å². The van der Waals surface area contributed by atoms with Gasteiger partial charge in [-0.15, -0.1) is 0 Å². The zero-order valence-corrected chi connectivity index (χ0v) is 10.1. The van der Waals surface area contributed by atoms with E-state index in [1.165, 1.54) is 0 Å². The Balaban J connectivity index is 3.46.